The van der Waals surface area contributed by atoms with Gasteiger partial charge in [0.1, 0.15) is 18.2 Å². The normalized spacial score (nSPS) is 14.3. The van der Waals surface area contributed by atoms with Gasteiger partial charge in [0.05, 0.1) is 36.1 Å². The van der Waals surface area contributed by atoms with Crippen LogP contribution in [0, 0.1) is 5.82 Å². The summed E-state index contributed by atoms with van der Waals surface area (Å²) in [6, 6.07) is 27.3. The maximum Gasteiger partial charge on any atom is 0.271 e. The molecular formula is C36H30FN3O5S. The summed E-state index contributed by atoms with van der Waals surface area (Å²) < 4.78 is 33.4. The predicted molar refractivity (Wildman–Crippen MR) is 176 cm³/mol. The molecule has 8 nitrogen and oxygen atoms in total. The van der Waals surface area contributed by atoms with E-state index in [0.29, 0.717) is 60.2 Å². The lowest BCUT2D eigenvalue weighted by molar-refractivity contribution is -0.113. The van der Waals surface area contributed by atoms with Crippen molar-refractivity contribution in [3.63, 3.8) is 0 Å². The van der Waals surface area contributed by atoms with Gasteiger partial charge in [0.25, 0.3) is 11.5 Å². The van der Waals surface area contributed by atoms with Gasteiger partial charge in [-0.3, -0.25) is 14.2 Å². The molecular weight excluding hydrogens is 605 g/mol. The Hall–Kier alpha value is -5.48. The monoisotopic (exact) mass is 635 g/mol. The van der Waals surface area contributed by atoms with Crippen molar-refractivity contribution in [2.45, 2.75) is 19.6 Å². The fourth-order valence-corrected chi connectivity index (χ4v) is 6.36. The standard InChI is InChI=1S/C36H30FN3O5S/c1-22-31(34(41)39-26-14-5-4-6-15-26)32(23-12-9-16-27(19-23)43-2)40-35(42)30(46-36(40)38-22)20-24-13-10-18-29(44-3)33(24)45-21-25-11-7-8-17-28(25)37/h4-20,32H,21H2,1-3H3,(H,39,41)/b30-20-/t32-/m1/s1. The molecule has 2 heterocycles. The van der Waals surface area contributed by atoms with Crippen molar-refractivity contribution in [2.24, 2.45) is 4.99 Å². The van der Waals surface area contributed by atoms with Crippen LogP contribution >= 0.6 is 11.3 Å². The Bertz CT molecular complexity index is 2140. The number of carbonyl (C=O) groups excluding carboxylic acids is 1. The molecule has 5 aromatic rings. The second kappa shape index (κ2) is 13.3. The van der Waals surface area contributed by atoms with Gasteiger partial charge in [0.2, 0.25) is 0 Å². The number of halogens is 1. The van der Waals surface area contributed by atoms with Crippen molar-refractivity contribution < 1.29 is 23.4 Å². The van der Waals surface area contributed by atoms with Crippen molar-refractivity contribution >= 4 is 29.0 Å². The number of thiazole rings is 1. The zero-order chi connectivity index (χ0) is 32.2. The SMILES string of the molecule is COc1cccc([C@@H]2C(C(=O)Nc3ccccc3)=C(C)N=c3s/c(=C\c4cccc(OC)c4OCc4ccccc4F)c(=O)n32)c1. The number of benzene rings is 4. The molecule has 0 radical (unpaired) electrons. The van der Waals surface area contributed by atoms with Crippen molar-refractivity contribution in [1.82, 2.24) is 4.57 Å². The molecule has 1 aliphatic rings. The lowest BCUT2D eigenvalue weighted by atomic mass is 9.95. The number of allylic oxidation sites excluding steroid dienone is 1. The van der Waals surface area contributed by atoms with Crippen LogP contribution in [0.1, 0.15) is 29.7 Å². The summed E-state index contributed by atoms with van der Waals surface area (Å²) in [6.45, 7) is 1.73. The molecule has 46 heavy (non-hydrogen) atoms. The third kappa shape index (κ3) is 6.07. The number of ether oxygens (including phenoxy) is 3. The molecule has 1 aromatic heterocycles. The summed E-state index contributed by atoms with van der Waals surface area (Å²) in [6.07, 6.45) is 1.70. The minimum atomic E-state index is -0.778. The number of carbonyl (C=O) groups is 1. The average molecular weight is 636 g/mol. The van der Waals surface area contributed by atoms with Gasteiger partial charge < -0.3 is 19.5 Å². The second-order valence-electron chi connectivity index (χ2n) is 10.4. The van der Waals surface area contributed by atoms with Crippen LogP contribution in [0.25, 0.3) is 6.08 Å². The summed E-state index contributed by atoms with van der Waals surface area (Å²) >= 11 is 1.20. The maximum absolute atomic E-state index is 14.4. The molecule has 4 aromatic carbocycles. The number of fused-ring (bicyclic) bond motifs is 1. The Morgan fingerprint density at radius 2 is 1.74 bits per heavy atom. The molecule has 1 N–H and O–H groups in total. The second-order valence-corrected chi connectivity index (χ2v) is 11.4. The van der Waals surface area contributed by atoms with E-state index in [-0.39, 0.29) is 23.9 Å². The quantitative estimate of drug-likeness (QED) is 0.228. The van der Waals surface area contributed by atoms with Gasteiger partial charge in [-0.1, -0.05) is 72.0 Å². The highest BCUT2D eigenvalue weighted by molar-refractivity contribution is 7.07. The highest BCUT2D eigenvalue weighted by Crippen LogP contribution is 2.34. The van der Waals surface area contributed by atoms with Gasteiger partial charge in [0.15, 0.2) is 16.3 Å². The molecule has 0 spiro atoms. The Kier molecular flexibility index (Phi) is 8.80. The minimum Gasteiger partial charge on any atom is -0.497 e. The molecule has 0 saturated heterocycles. The number of nitrogens with zero attached hydrogens (tertiary/aromatic N) is 2. The van der Waals surface area contributed by atoms with E-state index in [1.165, 1.54) is 29.1 Å². The fourth-order valence-electron chi connectivity index (χ4n) is 5.33. The van der Waals surface area contributed by atoms with E-state index in [0.717, 1.165) is 0 Å². The average Bonchev–Trinajstić information content (AvgIpc) is 3.37. The van der Waals surface area contributed by atoms with E-state index in [9.17, 15) is 14.0 Å². The number of amides is 1. The first-order valence-corrected chi connectivity index (χ1v) is 15.3. The molecule has 1 aliphatic heterocycles. The van der Waals surface area contributed by atoms with Gasteiger partial charge in [-0.15, -0.1) is 0 Å². The van der Waals surface area contributed by atoms with Crippen LogP contribution in [0.4, 0.5) is 10.1 Å². The van der Waals surface area contributed by atoms with Crippen LogP contribution in [0.2, 0.25) is 0 Å². The largest absolute Gasteiger partial charge is 0.497 e. The van der Waals surface area contributed by atoms with E-state index >= 15 is 0 Å². The molecule has 6 rings (SSSR count). The predicted octanol–water partition coefficient (Wildman–Crippen LogP) is 5.61. The molecule has 0 unspecified atom stereocenters. The molecule has 232 valence electrons. The van der Waals surface area contributed by atoms with Gasteiger partial charge >= 0.3 is 0 Å². The maximum atomic E-state index is 14.4. The minimum absolute atomic E-state index is 0.0376. The third-order valence-electron chi connectivity index (χ3n) is 7.55. The van der Waals surface area contributed by atoms with Crippen LogP contribution in [-0.2, 0) is 11.4 Å². The first-order chi connectivity index (χ1) is 22.4. The molecule has 10 heteroatoms. The van der Waals surface area contributed by atoms with Crippen molar-refractivity contribution in [1.29, 1.82) is 0 Å². The molecule has 0 saturated carbocycles. The Morgan fingerprint density at radius 3 is 2.50 bits per heavy atom. The van der Waals surface area contributed by atoms with E-state index in [4.69, 9.17) is 19.2 Å². The zero-order valence-electron chi connectivity index (χ0n) is 25.3. The number of rotatable bonds is 9. The van der Waals surface area contributed by atoms with Gasteiger partial charge in [0, 0.05) is 16.8 Å². The first-order valence-electron chi connectivity index (χ1n) is 14.4. The number of aromatic nitrogens is 1. The van der Waals surface area contributed by atoms with Gasteiger partial charge in [-0.05, 0) is 55.0 Å². The van der Waals surface area contributed by atoms with Crippen LogP contribution in [0.3, 0.4) is 0 Å². The lowest BCUT2D eigenvalue weighted by Gasteiger charge is -2.25. The number of methoxy groups -OCH3 is 2. The van der Waals surface area contributed by atoms with Crippen molar-refractivity contribution in [3.05, 3.63) is 151 Å². The van der Waals surface area contributed by atoms with Crippen LogP contribution in [0.15, 0.2) is 118 Å². The van der Waals surface area contributed by atoms with Crippen molar-refractivity contribution in [3.8, 4) is 17.2 Å². The summed E-state index contributed by atoms with van der Waals surface area (Å²) in [5.41, 5.74) is 2.75. The summed E-state index contributed by atoms with van der Waals surface area (Å²) in [7, 11) is 3.08. The van der Waals surface area contributed by atoms with Gasteiger partial charge in [-0.2, -0.15) is 0 Å². The highest BCUT2D eigenvalue weighted by Gasteiger charge is 2.33. The number of hydrogen-bond acceptors (Lipinski definition) is 7. The fraction of sp³-hybridized carbons (Fsp3) is 0.139. The Morgan fingerprint density at radius 1 is 0.978 bits per heavy atom. The van der Waals surface area contributed by atoms with Crippen LogP contribution in [-0.4, -0.2) is 24.7 Å². The lowest BCUT2D eigenvalue weighted by Crippen LogP contribution is -2.40. The summed E-state index contributed by atoms with van der Waals surface area (Å²) in [5, 5.41) is 2.95. The van der Waals surface area contributed by atoms with E-state index < -0.39 is 6.04 Å². The van der Waals surface area contributed by atoms with Crippen LogP contribution < -0.4 is 34.4 Å². The third-order valence-corrected chi connectivity index (χ3v) is 8.54. The summed E-state index contributed by atoms with van der Waals surface area (Å²) in [4.78, 5) is 33.2. The Balaban J connectivity index is 1.47. The molecule has 1 amide bonds. The van der Waals surface area contributed by atoms with E-state index in [1.54, 1.807) is 74.7 Å². The number of hydrogen-bond donors (Lipinski definition) is 1. The highest BCUT2D eigenvalue weighted by atomic mass is 32.1. The number of anilines is 1. The topological polar surface area (TPSA) is 91.2 Å². The Labute approximate surface area is 268 Å². The van der Waals surface area contributed by atoms with Crippen molar-refractivity contribution in [2.75, 3.05) is 19.5 Å². The van der Waals surface area contributed by atoms with E-state index in [2.05, 4.69) is 5.32 Å². The zero-order valence-corrected chi connectivity index (χ0v) is 26.1. The van der Waals surface area contributed by atoms with Gasteiger partial charge in [-0.25, -0.2) is 9.38 Å². The molecule has 0 fully saturated rings. The van der Waals surface area contributed by atoms with Crippen LogP contribution in [0.5, 0.6) is 17.2 Å². The molecule has 0 aliphatic carbocycles. The number of nitrogens with one attached hydrogen (secondary N) is 1. The summed E-state index contributed by atoms with van der Waals surface area (Å²) in [5.74, 6) is 0.633. The van der Waals surface area contributed by atoms with E-state index in [1.807, 2.05) is 36.4 Å². The molecule has 0 bridgehead atoms. The first kappa shape index (κ1) is 30.5. The molecule has 1 atom stereocenters. The number of para-hydroxylation sites is 2. The smallest absolute Gasteiger partial charge is 0.271 e.